The average molecular weight is 301 g/mol. The first kappa shape index (κ1) is 15.4. The van der Waals surface area contributed by atoms with E-state index in [9.17, 15) is 8.42 Å². The van der Waals surface area contributed by atoms with Gasteiger partial charge in [0.15, 0.2) is 0 Å². The molecular formula is C13H23N3O3S. The van der Waals surface area contributed by atoms with E-state index in [1.807, 2.05) is 20.8 Å². The molecule has 6 nitrogen and oxygen atoms in total. The fourth-order valence-electron chi connectivity index (χ4n) is 2.68. The van der Waals surface area contributed by atoms with Crippen LogP contribution in [0.25, 0.3) is 0 Å². The van der Waals surface area contributed by atoms with Crippen LogP contribution in [0.2, 0.25) is 0 Å². The summed E-state index contributed by atoms with van der Waals surface area (Å²) in [5.74, 6) is 1.05. The standard InChI is InChI=1S/C13H23N3O3S/c1-5-7-11(6-2)20(17,18)16-8-13(4,9-16)12-15-14-10(3)19-12/h11H,5-9H2,1-4H3. The van der Waals surface area contributed by atoms with Crippen LogP contribution in [-0.2, 0) is 15.4 Å². The minimum atomic E-state index is -3.21. The molecule has 0 spiro atoms. The molecular weight excluding hydrogens is 278 g/mol. The van der Waals surface area contributed by atoms with Crippen LogP contribution in [0.15, 0.2) is 4.42 Å². The second kappa shape index (κ2) is 5.44. The molecule has 0 amide bonds. The van der Waals surface area contributed by atoms with Gasteiger partial charge in [-0.2, -0.15) is 4.31 Å². The van der Waals surface area contributed by atoms with E-state index in [0.717, 1.165) is 6.42 Å². The van der Waals surface area contributed by atoms with Crippen molar-refractivity contribution in [3.63, 3.8) is 0 Å². The Morgan fingerprint density at radius 2 is 2.00 bits per heavy atom. The van der Waals surface area contributed by atoms with Gasteiger partial charge in [-0.15, -0.1) is 10.2 Å². The normalized spacial score (nSPS) is 20.6. The van der Waals surface area contributed by atoms with Crippen LogP contribution in [0.4, 0.5) is 0 Å². The van der Waals surface area contributed by atoms with Crippen molar-refractivity contribution in [1.82, 2.24) is 14.5 Å². The molecule has 1 atom stereocenters. The van der Waals surface area contributed by atoms with Gasteiger partial charge in [-0.25, -0.2) is 8.42 Å². The van der Waals surface area contributed by atoms with Gasteiger partial charge in [0.25, 0.3) is 0 Å². The Labute approximate surface area is 120 Å². The topological polar surface area (TPSA) is 76.3 Å². The Balaban J connectivity index is 2.08. The van der Waals surface area contributed by atoms with Crippen molar-refractivity contribution in [2.75, 3.05) is 13.1 Å². The number of nitrogens with zero attached hydrogens (tertiary/aromatic N) is 3. The van der Waals surface area contributed by atoms with E-state index in [2.05, 4.69) is 10.2 Å². The van der Waals surface area contributed by atoms with E-state index in [1.165, 1.54) is 0 Å². The molecule has 114 valence electrons. The number of hydrogen-bond donors (Lipinski definition) is 0. The lowest BCUT2D eigenvalue weighted by Gasteiger charge is -2.45. The van der Waals surface area contributed by atoms with Gasteiger partial charge in [0.05, 0.1) is 10.7 Å². The predicted octanol–water partition coefficient (Wildman–Crippen LogP) is 1.86. The highest BCUT2D eigenvalue weighted by molar-refractivity contribution is 7.89. The molecule has 1 aromatic rings. The zero-order chi connectivity index (χ0) is 15.0. The van der Waals surface area contributed by atoms with Gasteiger partial charge >= 0.3 is 0 Å². The van der Waals surface area contributed by atoms with Gasteiger partial charge in [-0.3, -0.25) is 0 Å². The van der Waals surface area contributed by atoms with Crippen LogP contribution < -0.4 is 0 Å². The third-order valence-electron chi connectivity index (χ3n) is 3.94. The lowest BCUT2D eigenvalue weighted by molar-refractivity contribution is 0.135. The van der Waals surface area contributed by atoms with Crippen molar-refractivity contribution in [3.05, 3.63) is 11.8 Å². The maximum absolute atomic E-state index is 12.5. The molecule has 0 aliphatic carbocycles. The number of aromatic nitrogens is 2. The molecule has 20 heavy (non-hydrogen) atoms. The van der Waals surface area contributed by atoms with Crippen LogP contribution in [0.1, 0.15) is 51.8 Å². The molecule has 1 saturated heterocycles. The van der Waals surface area contributed by atoms with Crippen LogP contribution >= 0.6 is 0 Å². The Morgan fingerprint density at radius 1 is 1.35 bits per heavy atom. The van der Waals surface area contributed by atoms with Crippen LogP contribution in [0, 0.1) is 6.92 Å². The number of hydrogen-bond acceptors (Lipinski definition) is 5. The van der Waals surface area contributed by atoms with E-state index in [0.29, 0.717) is 37.7 Å². The smallest absolute Gasteiger partial charge is 0.225 e. The Bertz CT molecular complexity index is 561. The lowest BCUT2D eigenvalue weighted by atomic mass is 9.84. The van der Waals surface area contributed by atoms with Crippen LogP contribution in [0.3, 0.4) is 0 Å². The van der Waals surface area contributed by atoms with E-state index in [-0.39, 0.29) is 10.7 Å². The zero-order valence-corrected chi connectivity index (χ0v) is 13.4. The highest BCUT2D eigenvalue weighted by atomic mass is 32.2. The Kier molecular flexibility index (Phi) is 4.20. The molecule has 2 rings (SSSR count). The number of aryl methyl sites for hydroxylation is 1. The summed E-state index contributed by atoms with van der Waals surface area (Å²) in [6, 6.07) is 0. The highest BCUT2D eigenvalue weighted by Crippen LogP contribution is 2.36. The molecule has 0 aromatic carbocycles. The molecule has 0 bridgehead atoms. The summed E-state index contributed by atoms with van der Waals surface area (Å²) in [6.45, 7) is 8.50. The maximum Gasteiger partial charge on any atom is 0.225 e. The largest absolute Gasteiger partial charge is 0.425 e. The molecule has 1 aliphatic rings. The van der Waals surface area contributed by atoms with Gasteiger partial charge in [0, 0.05) is 20.0 Å². The third-order valence-corrected chi connectivity index (χ3v) is 6.33. The van der Waals surface area contributed by atoms with Gasteiger partial charge < -0.3 is 4.42 Å². The maximum atomic E-state index is 12.5. The molecule has 1 fully saturated rings. The average Bonchev–Trinajstić information content (AvgIpc) is 2.78. The van der Waals surface area contributed by atoms with E-state index >= 15 is 0 Å². The first-order valence-corrected chi connectivity index (χ1v) is 8.63. The molecule has 1 unspecified atom stereocenters. The molecule has 7 heteroatoms. The summed E-state index contributed by atoms with van der Waals surface area (Å²) in [6.07, 6.45) is 2.25. The fraction of sp³-hybridized carbons (Fsp3) is 0.846. The molecule has 0 saturated carbocycles. The van der Waals surface area contributed by atoms with Crippen LogP contribution in [0.5, 0.6) is 0 Å². The van der Waals surface area contributed by atoms with Crippen LogP contribution in [-0.4, -0.2) is 41.3 Å². The lowest BCUT2D eigenvalue weighted by Crippen LogP contribution is -2.61. The molecule has 1 aromatic heterocycles. The van der Waals surface area contributed by atoms with Crippen molar-refractivity contribution in [1.29, 1.82) is 0 Å². The second-order valence-corrected chi connectivity index (χ2v) is 8.03. The summed E-state index contributed by atoms with van der Waals surface area (Å²) in [5, 5.41) is 7.56. The summed E-state index contributed by atoms with van der Waals surface area (Å²) in [4.78, 5) is 0. The minimum Gasteiger partial charge on any atom is -0.425 e. The highest BCUT2D eigenvalue weighted by Gasteiger charge is 2.50. The number of rotatable bonds is 6. The monoisotopic (exact) mass is 301 g/mol. The molecule has 0 radical (unpaired) electrons. The van der Waals surface area contributed by atoms with E-state index < -0.39 is 10.0 Å². The van der Waals surface area contributed by atoms with Gasteiger partial charge in [-0.1, -0.05) is 20.3 Å². The summed E-state index contributed by atoms with van der Waals surface area (Å²) >= 11 is 0. The Morgan fingerprint density at radius 3 is 2.45 bits per heavy atom. The predicted molar refractivity (Wildman–Crippen MR) is 75.9 cm³/mol. The first-order chi connectivity index (χ1) is 9.33. The molecule has 2 heterocycles. The summed E-state index contributed by atoms with van der Waals surface area (Å²) in [5.41, 5.74) is -0.348. The summed E-state index contributed by atoms with van der Waals surface area (Å²) < 4.78 is 32.0. The van der Waals surface area contributed by atoms with Crippen molar-refractivity contribution >= 4 is 10.0 Å². The van der Waals surface area contributed by atoms with E-state index in [4.69, 9.17) is 4.42 Å². The molecule has 0 N–H and O–H groups in total. The zero-order valence-electron chi connectivity index (χ0n) is 12.6. The summed E-state index contributed by atoms with van der Waals surface area (Å²) in [7, 11) is -3.21. The van der Waals surface area contributed by atoms with Gasteiger partial charge in [0.2, 0.25) is 21.8 Å². The second-order valence-electron chi connectivity index (χ2n) is 5.82. The minimum absolute atomic E-state index is 0.276. The van der Waals surface area contributed by atoms with E-state index in [1.54, 1.807) is 11.2 Å². The Hall–Kier alpha value is -0.950. The SMILES string of the molecule is CCCC(CC)S(=O)(=O)N1CC(C)(c2nnc(C)o2)C1. The van der Waals surface area contributed by atoms with Crippen molar-refractivity contribution < 1.29 is 12.8 Å². The van der Waals surface area contributed by atoms with Crippen molar-refractivity contribution in [3.8, 4) is 0 Å². The van der Waals surface area contributed by atoms with Crippen molar-refractivity contribution in [2.45, 2.75) is 57.6 Å². The quantitative estimate of drug-likeness (QED) is 0.801. The van der Waals surface area contributed by atoms with Gasteiger partial charge in [0.1, 0.15) is 0 Å². The number of sulfonamides is 1. The van der Waals surface area contributed by atoms with Gasteiger partial charge in [-0.05, 0) is 19.8 Å². The molecule has 1 aliphatic heterocycles. The fourth-order valence-corrected chi connectivity index (χ4v) is 4.99. The third kappa shape index (κ3) is 2.61. The first-order valence-electron chi connectivity index (χ1n) is 7.13. The van der Waals surface area contributed by atoms with Crippen molar-refractivity contribution in [2.24, 2.45) is 0 Å².